The number of benzene rings is 1. The summed E-state index contributed by atoms with van der Waals surface area (Å²) in [4.78, 5) is 15.1. The van der Waals surface area contributed by atoms with Gasteiger partial charge < -0.3 is 14.4 Å². The quantitative estimate of drug-likeness (QED) is 0.749. The van der Waals surface area contributed by atoms with Gasteiger partial charge in [0.15, 0.2) is 21.3 Å². The van der Waals surface area contributed by atoms with Gasteiger partial charge in [-0.15, -0.1) is 11.8 Å². The van der Waals surface area contributed by atoms with Gasteiger partial charge in [0.1, 0.15) is 13.2 Å². The van der Waals surface area contributed by atoms with E-state index >= 15 is 0 Å². The van der Waals surface area contributed by atoms with Crippen LogP contribution in [0.3, 0.4) is 0 Å². The molecule has 0 unspecified atom stereocenters. The molecule has 0 radical (unpaired) electrons. The second-order valence-electron chi connectivity index (χ2n) is 6.07. The maximum atomic E-state index is 12.6. The van der Waals surface area contributed by atoms with E-state index in [9.17, 15) is 13.2 Å². The first kappa shape index (κ1) is 17.4. The zero-order valence-electron chi connectivity index (χ0n) is 13.7. The number of carbonyl (C=O) groups is 1. The van der Waals surface area contributed by atoms with Gasteiger partial charge in [-0.1, -0.05) is 0 Å². The van der Waals surface area contributed by atoms with Crippen LogP contribution in [0.25, 0.3) is 0 Å². The van der Waals surface area contributed by atoms with Gasteiger partial charge in [0.2, 0.25) is 5.91 Å². The number of amides is 1. The highest BCUT2D eigenvalue weighted by Crippen LogP contribution is 2.36. The molecule has 8 heteroatoms. The molecule has 0 saturated carbocycles. The van der Waals surface area contributed by atoms with Crippen LogP contribution in [0.15, 0.2) is 23.1 Å². The molecule has 0 aliphatic carbocycles. The third kappa shape index (κ3) is 3.80. The van der Waals surface area contributed by atoms with Gasteiger partial charge in [-0.05, 0) is 31.5 Å². The van der Waals surface area contributed by atoms with E-state index in [0.717, 1.165) is 10.6 Å². The topological polar surface area (TPSA) is 72.9 Å². The lowest BCUT2D eigenvalue weighted by Gasteiger charge is -2.26. The van der Waals surface area contributed by atoms with Crippen molar-refractivity contribution in [1.82, 2.24) is 4.90 Å². The summed E-state index contributed by atoms with van der Waals surface area (Å²) >= 11 is 1.44. The Morgan fingerprint density at radius 1 is 1.29 bits per heavy atom. The number of hydrogen-bond acceptors (Lipinski definition) is 6. The van der Waals surface area contributed by atoms with Crippen molar-refractivity contribution in [3.63, 3.8) is 0 Å². The standard InChI is InChI=1S/C16H21NO5S2/c1-11(16(18)17(2)12-5-8-24(19,20)10-12)23-13-3-4-14-15(9-13)22-7-6-21-14/h3-4,9,11-12H,5-8,10H2,1-2H3/t11-,12-/m0/s1. The Bertz CT molecular complexity index is 734. The number of nitrogens with zero attached hydrogens (tertiary/aromatic N) is 1. The molecule has 2 aliphatic heterocycles. The Labute approximate surface area is 146 Å². The number of ether oxygens (including phenoxy) is 2. The van der Waals surface area contributed by atoms with Crippen LogP contribution >= 0.6 is 11.8 Å². The van der Waals surface area contributed by atoms with Crippen molar-refractivity contribution in [3.05, 3.63) is 18.2 Å². The van der Waals surface area contributed by atoms with E-state index in [0.29, 0.717) is 25.4 Å². The Kier molecular flexibility index (Phi) is 4.96. The van der Waals surface area contributed by atoms with Gasteiger partial charge in [-0.2, -0.15) is 0 Å². The van der Waals surface area contributed by atoms with Crippen LogP contribution in [0.2, 0.25) is 0 Å². The largest absolute Gasteiger partial charge is 0.486 e. The summed E-state index contributed by atoms with van der Waals surface area (Å²) in [5.41, 5.74) is 0. The van der Waals surface area contributed by atoms with Crippen LogP contribution in [-0.4, -0.2) is 62.3 Å². The fourth-order valence-corrected chi connectivity index (χ4v) is 5.67. The smallest absolute Gasteiger partial charge is 0.235 e. The van der Waals surface area contributed by atoms with E-state index < -0.39 is 9.84 Å². The van der Waals surface area contributed by atoms with Gasteiger partial charge in [-0.3, -0.25) is 4.79 Å². The highest BCUT2D eigenvalue weighted by Gasteiger charge is 2.34. The molecule has 1 aromatic rings. The fourth-order valence-electron chi connectivity index (χ4n) is 2.90. The molecular formula is C16H21NO5S2. The van der Waals surface area contributed by atoms with Crippen molar-refractivity contribution >= 4 is 27.5 Å². The van der Waals surface area contributed by atoms with Gasteiger partial charge in [0, 0.05) is 18.0 Å². The minimum atomic E-state index is -3.00. The predicted octanol–water partition coefficient (Wildman–Crippen LogP) is 1.58. The summed E-state index contributed by atoms with van der Waals surface area (Å²) in [5.74, 6) is 1.59. The Morgan fingerprint density at radius 3 is 2.67 bits per heavy atom. The van der Waals surface area contributed by atoms with E-state index in [-0.39, 0.29) is 28.7 Å². The molecule has 2 heterocycles. The van der Waals surface area contributed by atoms with Crippen LogP contribution in [-0.2, 0) is 14.6 Å². The first-order chi connectivity index (χ1) is 11.4. The zero-order valence-corrected chi connectivity index (χ0v) is 15.4. The monoisotopic (exact) mass is 371 g/mol. The molecule has 1 amide bonds. The van der Waals surface area contributed by atoms with Crippen LogP contribution in [0, 0.1) is 0 Å². The fraction of sp³-hybridized carbons (Fsp3) is 0.562. The second kappa shape index (κ2) is 6.84. The highest BCUT2D eigenvalue weighted by atomic mass is 32.2. The number of hydrogen-bond donors (Lipinski definition) is 0. The van der Waals surface area contributed by atoms with Crippen LogP contribution < -0.4 is 9.47 Å². The number of fused-ring (bicyclic) bond motifs is 1. The summed E-state index contributed by atoms with van der Waals surface area (Å²) in [6.07, 6.45) is 0.520. The molecule has 24 heavy (non-hydrogen) atoms. The Balaban J connectivity index is 1.64. The number of thioether (sulfide) groups is 1. The van der Waals surface area contributed by atoms with Gasteiger partial charge in [-0.25, -0.2) is 8.42 Å². The molecule has 1 aromatic carbocycles. The summed E-state index contributed by atoms with van der Waals surface area (Å²) < 4.78 is 34.2. The molecule has 0 spiro atoms. The van der Waals surface area contributed by atoms with Crippen molar-refractivity contribution in [1.29, 1.82) is 0 Å². The average molecular weight is 371 g/mol. The molecule has 3 rings (SSSR count). The van der Waals surface area contributed by atoms with E-state index in [1.165, 1.54) is 11.8 Å². The van der Waals surface area contributed by atoms with Crippen molar-refractivity contribution in [2.75, 3.05) is 31.8 Å². The second-order valence-corrected chi connectivity index (χ2v) is 9.71. The molecule has 0 N–H and O–H groups in total. The predicted molar refractivity (Wildman–Crippen MR) is 92.6 cm³/mol. The minimum absolute atomic E-state index is 0.0583. The molecule has 6 nitrogen and oxygen atoms in total. The van der Waals surface area contributed by atoms with Gasteiger partial charge in [0.05, 0.1) is 16.8 Å². The van der Waals surface area contributed by atoms with Crippen molar-refractivity contribution in [2.45, 2.75) is 29.5 Å². The molecule has 2 atom stereocenters. The summed E-state index contributed by atoms with van der Waals surface area (Å²) in [5, 5.41) is -0.305. The summed E-state index contributed by atoms with van der Waals surface area (Å²) in [6.45, 7) is 2.90. The molecule has 1 fully saturated rings. The SMILES string of the molecule is C[C@H](Sc1ccc2c(c1)OCCO2)C(=O)N(C)[C@H]1CCS(=O)(=O)C1. The van der Waals surface area contributed by atoms with E-state index in [2.05, 4.69) is 0 Å². The zero-order chi connectivity index (χ0) is 17.3. The number of carbonyl (C=O) groups excluding carboxylic acids is 1. The third-order valence-corrected chi connectivity index (χ3v) is 7.11. The molecule has 0 aromatic heterocycles. The maximum Gasteiger partial charge on any atom is 0.235 e. The molecular weight excluding hydrogens is 350 g/mol. The number of rotatable bonds is 4. The molecule has 132 valence electrons. The van der Waals surface area contributed by atoms with E-state index in [1.54, 1.807) is 11.9 Å². The first-order valence-electron chi connectivity index (χ1n) is 7.89. The molecule has 1 saturated heterocycles. The molecule has 0 bridgehead atoms. The highest BCUT2D eigenvalue weighted by molar-refractivity contribution is 8.00. The lowest BCUT2D eigenvalue weighted by atomic mass is 10.2. The molecule has 2 aliphatic rings. The van der Waals surface area contributed by atoms with Crippen LogP contribution in [0.5, 0.6) is 11.5 Å². The van der Waals surface area contributed by atoms with E-state index in [1.807, 2.05) is 25.1 Å². The van der Waals surface area contributed by atoms with Crippen molar-refractivity contribution < 1.29 is 22.7 Å². The lowest BCUT2D eigenvalue weighted by Crippen LogP contribution is -2.41. The summed E-state index contributed by atoms with van der Waals surface area (Å²) in [7, 11) is -1.31. The average Bonchev–Trinajstić information content (AvgIpc) is 2.93. The van der Waals surface area contributed by atoms with E-state index in [4.69, 9.17) is 9.47 Å². The van der Waals surface area contributed by atoms with Crippen molar-refractivity contribution in [2.24, 2.45) is 0 Å². The lowest BCUT2D eigenvalue weighted by molar-refractivity contribution is -0.130. The summed E-state index contributed by atoms with van der Waals surface area (Å²) in [6, 6.07) is 5.41. The maximum absolute atomic E-state index is 12.6. The number of sulfone groups is 1. The van der Waals surface area contributed by atoms with Gasteiger partial charge >= 0.3 is 0 Å². The Morgan fingerprint density at radius 2 is 2.00 bits per heavy atom. The van der Waals surface area contributed by atoms with Crippen LogP contribution in [0.1, 0.15) is 13.3 Å². The Hall–Kier alpha value is -1.41. The minimum Gasteiger partial charge on any atom is -0.486 e. The first-order valence-corrected chi connectivity index (χ1v) is 10.6. The van der Waals surface area contributed by atoms with Gasteiger partial charge in [0.25, 0.3) is 0 Å². The normalized spacial score (nSPS) is 22.8. The van der Waals surface area contributed by atoms with Crippen LogP contribution in [0.4, 0.5) is 0 Å². The third-order valence-electron chi connectivity index (χ3n) is 4.28. The van der Waals surface area contributed by atoms with Crippen molar-refractivity contribution in [3.8, 4) is 11.5 Å².